The summed E-state index contributed by atoms with van der Waals surface area (Å²) >= 11 is 0. The molecule has 1 atom stereocenters. The molecule has 0 amide bonds. The third-order valence-corrected chi connectivity index (χ3v) is 7.05. The topological polar surface area (TPSA) is 64.6 Å². The van der Waals surface area contributed by atoms with Gasteiger partial charge >= 0.3 is 0 Å². The minimum absolute atomic E-state index is 0.215. The monoisotopic (exact) mass is 403 g/mol. The van der Waals surface area contributed by atoms with Crippen molar-refractivity contribution in [3.8, 4) is 0 Å². The summed E-state index contributed by atoms with van der Waals surface area (Å²) in [6, 6.07) is 13.8. The molecule has 0 radical (unpaired) electrons. The highest BCUT2D eigenvalue weighted by molar-refractivity contribution is 7.89. The van der Waals surface area contributed by atoms with Gasteiger partial charge in [-0.25, -0.2) is 8.42 Å². The second-order valence-electron chi connectivity index (χ2n) is 8.45. The van der Waals surface area contributed by atoms with Crippen LogP contribution in [-0.2, 0) is 19.5 Å². The maximum absolute atomic E-state index is 13.1. The first kappa shape index (κ1) is 21.0. The lowest BCUT2D eigenvalue weighted by atomic mass is 9.90. The van der Waals surface area contributed by atoms with E-state index in [1.54, 1.807) is 24.3 Å². The van der Waals surface area contributed by atoms with Crippen molar-refractivity contribution in [2.45, 2.75) is 70.0 Å². The summed E-state index contributed by atoms with van der Waals surface area (Å²) in [6.45, 7) is 11.7. The normalized spacial score (nSPS) is 20.2. The van der Waals surface area contributed by atoms with E-state index in [9.17, 15) is 8.42 Å². The van der Waals surface area contributed by atoms with Gasteiger partial charge in [0.2, 0.25) is 10.0 Å². The second kappa shape index (κ2) is 7.26. The first-order chi connectivity index (χ1) is 12.9. The molecule has 3 rings (SSSR count). The van der Waals surface area contributed by atoms with Gasteiger partial charge in [-0.05, 0) is 59.2 Å². The Balaban J connectivity index is 1.98. The summed E-state index contributed by atoms with van der Waals surface area (Å²) < 4.78 is 41.2. The van der Waals surface area contributed by atoms with Crippen molar-refractivity contribution in [1.82, 2.24) is 4.72 Å². The minimum Gasteiger partial charge on any atom is -0.342 e. The molecule has 1 saturated heterocycles. The van der Waals surface area contributed by atoms with Crippen molar-refractivity contribution in [2.24, 2.45) is 0 Å². The molecule has 0 saturated carbocycles. The van der Waals surface area contributed by atoms with Crippen LogP contribution >= 0.6 is 0 Å². The summed E-state index contributed by atoms with van der Waals surface area (Å²) in [4.78, 5) is 0.215. The first-order valence-electron chi connectivity index (χ1n) is 9.42. The Hall–Kier alpha value is -1.73. The van der Waals surface area contributed by atoms with Crippen molar-refractivity contribution in [3.05, 3.63) is 65.2 Å². The first-order valence-corrected chi connectivity index (χ1v) is 10.9. The van der Waals surface area contributed by atoms with Crippen LogP contribution in [0.3, 0.4) is 0 Å². The lowest BCUT2D eigenvalue weighted by molar-refractivity contribution is -0.105. The van der Waals surface area contributed by atoms with Crippen LogP contribution in [0.4, 0.5) is 0 Å². The maximum atomic E-state index is 13.1. The summed E-state index contributed by atoms with van der Waals surface area (Å²) in [6.07, 6.45) is -0.743. The number of benzene rings is 2. The van der Waals surface area contributed by atoms with Gasteiger partial charge < -0.3 is 9.47 Å². The zero-order valence-corrected chi connectivity index (χ0v) is 18.1. The Morgan fingerprint density at radius 2 is 1.25 bits per heavy atom. The molecule has 0 aliphatic carbocycles. The predicted octanol–water partition coefficient (Wildman–Crippen LogP) is 4.25. The van der Waals surface area contributed by atoms with E-state index >= 15 is 0 Å². The number of aryl methyl sites for hydroxylation is 2. The SMILES string of the molecule is Cc1ccc([C@@H](NS(=O)(=O)c2ccc(C)cc2)C2OC(C)(C)C(C)(C)O2)cc1. The van der Waals surface area contributed by atoms with Crippen LogP contribution in [0.5, 0.6) is 0 Å². The standard InChI is InChI=1S/C22H29NO4S/c1-15-7-11-17(12-8-15)19(20-26-21(3,4)22(5,6)27-20)23-28(24,25)18-13-9-16(2)10-14-18/h7-14,19-20,23H,1-6H3/t19-/m1/s1. The van der Waals surface area contributed by atoms with Crippen LogP contribution < -0.4 is 4.72 Å². The molecule has 1 aliphatic rings. The van der Waals surface area contributed by atoms with Gasteiger partial charge in [0.15, 0.2) is 6.29 Å². The Kier molecular flexibility index (Phi) is 5.44. The fourth-order valence-corrected chi connectivity index (χ4v) is 4.24. The van der Waals surface area contributed by atoms with E-state index in [1.807, 2.05) is 65.8 Å². The molecular formula is C22H29NO4S. The Bertz CT molecular complexity index is 916. The average molecular weight is 404 g/mol. The molecule has 1 aliphatic heterocycles. The van der Waals surface area contributed by atoms with Crippen LogP contribution in [0.25, 0.3) is 0 Å². The number of hydrogen-bond acceptors (Lipinski definition) is 4. The number of rotatable bonds is 5. The van der Waals surface area contributed by atoms with Crippen LogP contribution in [0.1, 0.15) is 50.4 Å². The van der Waals surface area contributed by atoms with E-state index in [0.29, 0.717) is 0 Å². The molecule has 0 spiro atoms. The lowest BCUT2D eigenvalue weighted by Crippen LogP contribution is -2.41. The van der Waals surface area contributed by atoms with Gasteiger partial charge in [-0.3, -0.25) is 0 Å². The van der Waals surface area contributed by atoms with Crippen LogP contribution in [-0.4, -0.2) is 25.9 Å². The Morgan fingerprint density at radius 3 is 1.71 bits per heavy atom. The molecule has 6 heteroatoms. The molecule has 2 aromatic rings. The van der Waals surface area contributed by atoms with E-state index < -0.39 is 33.6 Å². The van der Waals surface area contributed by atoms with Crippen LogP contribution in [0.2, 0.25) is 0 Å². The number of hydrogen-bond donors (Lipinski definition) is 1. The highest BCUT2D eigenvalue weighted by Gasteiger charge is 2.52. The van der Waals surface area contributed by atoms with Gasteiger partial charge in [-0.2, -0.15) is 4.72 Å². The summed E-state index contributed by atoms with van der Waals surface area (Å²) in [5, 5.41) is 0. The molecule has 2 aromatic carbocycles. The third kappa shape index (κ3) is 4.15. The van der Waals surface area contributed by atoms with E-state index in [-0.39, 0.29) is 4.90 Å². The van der Waals surface area contributed by atoms with Crippen molar-refractivity contribution in [1.29, 1.82) is 0 Å². The highest BCUT2D eigenvalue weighted by Crippen LogP contribution is 2.42. The summed E-state index contributed by atoms with van der Waals surface area (Å²) in [5.74, 6) is 0. The van der Waals surface area contributed by atoms with Crippen molar-refractivity contribution in [2.75, 3.05) is 0 Å². The van der Waals surface area contributed by atoms with Gasteiger partial charge in [0.25, 0.3) is 0 Å². The van der Waals surface area contributed by atoms with Crippen molar-refractivity contribution in [3.63, 3.8) is 0 Å². The molecule has 0 bridgehead atoms. The molecule has 5 nitrogen and oxygen atoms in total. The quantitative estimate of drug-likeness (QED) is 0.810. The van der Waals surface area contributed by atoms with Gasteiger partial charge in [0, 0.05) is 0 Å². The minimum atomic E-state index is -3.76. The lowest BCUT2D eigenvalue weighted by Gasteiger charge is -2.30. The Labute approximate surface area is 168 Å². The van der Waals surface area contributed by atoms with E-state index in [4.69, 9.17) is 9.47 Å². The van der Waals surface area contributed by atoms with Gasteiger partial charge in [-0.15, -0.1) is 0 Å². The molecule has 1 heterocycles. The number of sulfonamides is 1. The molecule has 1 N–H and O–H groups in total. The fraction of sp³-hybridized carbons (Fsp3) is 0.455. The molecule has 28 heavy (non-hydrogen) atoms. The zero-order valence-electron chi connectivity index (χ0n) is 17.3. The Morgan fingerprint density at radius 1 is 0.821 bits per heavy atom. The third-order valence-electron chi connectivity index (χ3n) is 5.59. The van der Waals surface area contributed by atoms with Crippen LogP contribution in [0.15, 0.2) is 53.4 Å². The van der Waals surface area contributed by atoms with E-state index in [1.165, 1.54) is 0 Å². The largest absolute Gasteiger partial charge is 0.342 e. The molecular weight excluding hydrogens is 374 g/mol. The average Bonchev–Trinajstić information content (AvgIpc) is 2.81. The van der Waals surface area contributed by atoms with Crippen LogP contribution in [0, 0.1) is 13.8 Å². The van der Waals surface area contributed by atoms with E-state index in [0.717, 1.165) is 16.7 Å². The molecule has 0 aromatic heterocycles. The molecule has 0 unspecified atom stereocenters. The van der Waals surface area contributed by atoms with Crippen molar-refractivity contribution < 1.29 is 17.9 Å². The predicted molar refractivity (Wildman–Crippen MR) is 110 cm³/mol. The second-order valence-corrected chi connectivity index (χ2v) is 10.2. The smallest absolute Gasteiger partial charge is 0.241 e. The zero-order chi connectivity index (χ0) is 20.7. The fourth-order valence-electron chi connectivity index (χ4n) is 3.03. The van der Waals surface area contributed by atoms with Gasteiger partial charge in [0.1, 0.15) is 0 Å². The summed E-state index contributed by atoms with van der Waals surface area (Å²) in [5.41, 5.74) is 1.77. The van der Waals surface area contributed by atoms with Crippen molar-refractivity contribution >= 4 is 10.0 Å². The summed E-state index contributed by atoms with van der Waals surface area (Å²) in [7, 11) is -3.76. The van der Waals surface area contributed by atoms with E-state index in [2.05, 4.69) is 4.72 Å². The van der Waals surface area contributed by atoms with Gasteiger partial charge in [-0.1, -0.05) is 47.5 Å². The molecule has 1 fully saturated rings. The highest BCUT2D eigenvalue weighted by atomic mass is 32.2. The van der Waals surface area contributed by atoms with Gasteiger partial charge in [0.05, 0.1) is 22.1 Å². The number of ether oxygens (including phenoxy) is 2. The maximum Gasteiger partial charge on any atom is 0.241 e. The molecule has 152 valence electrons. The number of nitrogens with one attached hydrogen (secondary N) is 1.